The van der Waals surface area contributed by atoms with E-state index >= 15 is 0 Å². The van der Waals surface area contributed by atoms with Crippen molar-refractivity contribution in [1.29, 1.82) is 0 Å². The molecular weight excluding hydrogens is 380 g/mol. The van der Waals surface area contributed by atoms with Crippen molar-refractivity contribution in [1.82, 2.24) is 0 Å². The van der Waals surface area contributed by atoms with E-state index in [1.54, 1.807) is 18.2 Å². The second kappa shape index (κ2) is 6.49. The van der Waals surface area contributed by atoms with Crippen molar-refractivity contribution in [2.45, 2.75) is 0 Å². The summed E-state index contributed by atoms with van der Waals surface area (Å²) < 4.78 is 29.3. The third kappa shape index (κ3) is 2.92. The van der Waals surface area contributed by atoms with Crippen LogP contribution in [0.25, 0.3) is 0 Å². The third-order valence-electron chi connectivity index (χ3n) is 3.46. The van der Waals surface area contributed by atoms with E-state index in [1.165, 1.54) is 30.3 Å². The first kappa shape index (κ1) is 16.3. The highest BCUT2D eigenvalue weighted by atomic mass is 79.9. The minimum atomic E-state index is -0.819. The number of phenolic OH excluding ortho intramolecular Hbond substituents is 2. The fraction of sp³-hybridized carbons (Fsp3) is 0. The zero-order chi connectivity index (χ0) is 17.3. The van der Waals surface area contributed by atoms with Crippen LogP contribution in [0.2, 0.25) is 0 Å². The Morgan fingerprint density at radius 2 is 1.38 bits per heavy atom. The predicted molar refractivity (Wildman–Crippen MR) is 92.1 cm³/mol. The number of phenols is 2. The molecule has 122 valence electrons. The molecule has 0 atom stereocenters. The molecule has 0 aromatic heterocycles. The van der Waals surface area contributed by atoms with Gasteiger partial charge in [-0.15, -0.1) is 0 Å². The minimum absolute atomic E-state index is 0.128. The number of rotatable bonds is 3. The Bertz CT molecular complexity index is 882. The van der Waals surface area contributed by atoms with E-state index in [0.717, 1.165) is 17.0 Å². The number of nitrogens with zero attached hydrogens (tertiary/aromatic N) is 1. The molecule has 3 aromatic rings. The smallest absolute Gasteiger partial charge is 0.150 e. The van der Waals surface area contributed by atoms with Crippen LogP contribution < -0.4 is 4.90 Å². The molecule has 0 amide bonds. The molecule has 0 saturated heterocycles. The summed E-state index contributed by atoms with van der Waals surface area (Å²) in [6.45, 7) is 0. The Labute approximate surface area is 145 Å². The van der Waals surface area contributed by atoms with Gasteiger partial charge in [0.05, 0.1) is 11.4 Å². The van der Waals surface area contributed by atoms with E-state index in [0.29, 0.717) is 4.47 Å². The van der Waals surface area contributed by atoms with E-state index in [9.17, 15) is 19.0 Å². The van der Waals surface area contributed by atoms with Gasteiger partial charge in [0.25, 0.3) is 0 Å². The summed E-state index contributed by atoms with van der Waals surface area (Å²) in [4.78, 5) is 1.14. The Kier molecular flexibility index (Phi) is 4.40. The van der Waals surface area contributed by atoms with Gasteiger partial charge in [0.15, 0.2) is 0 Å². The van der Waals surface area contributed by atoms with Crippen molar-refractivity contribution in [3.8, 4) is 11.5 Å². The fourth-order valence-electron chi connectivity index (χ4n) is 2.41. The van der Waals surface area contributed by atoms with Crippen molar-refractivity contribution >= 4 is 33.0 Å². The Balaban J connectivity index is 2.32. The van der Waals surface area contributed by atoms with Gasteiger partial charge in [-0.25, -0.2) is 8.78 Å². The summed E-state index contributed by atoms with van der Waals surface area (Å²) in [5.74, 6) is -2.01. The lowest BCUT2D eigenvalue weighted by Gasteiger charge is -2.27. The predicted octanol–water partition coefficient (Wildman–Crippen LogP) is 5.61. The minimum Gasteiger partial charge on any atom is -0.506 e. The molecule has 2 N–H and O–H groups in total. The zero-order valence-corrected chi connectivity index (χ0v) is 13.8. The fourth-order valence-corrected chi connectivity index (χ4v) is 2.76. The maximum absolute atomic E-state index is 14.4. The van der Waals surface area contributed by atoms with Crippen molar-refractivity contribution in [3.05, 3.63) is 76.8 Å². The van der Waals surface area contributed by atoms with E-state index in [4.69, 9.17) is 0 Å². The first-order valence-electron chi connectivity index (χ1n) is 6.99. The molecule has 0 aliphatic carbocycles. The summed E-state index contributed by atoms with van der Waals surface area (Å²) in [6.07, 6.45) is 0. The van der Waals surface area contributed by atoms with Crippen LogP contribution in [0.5, 0.6) is 11.5 Å². The average Bonchev–Trinajstić information content (AvgIpc) is 2.53. The Hall–Kier alpha value is -2.60. The van der Waals surface area contributed by atoms with Crippen LogP contribution in [0.1, 0.15) is 0 Å². The molecule has 3 nitrogen and oxygen atoms in total. The van der Waals surface area contributed by atoms with Gasteiger partial charge in [-0.1, -0.05) is 34.1 Å². The molecule has 0 saturated carbocycles. The Morgan fingerprint density at radius 3 is 2.00 bits per heavy atom. The molecule has 0 aliphatic rings. The molecule has 6 heteroatoms. The number of para-hydroxylation sites is 3. The van der Waals surface area contributed by atoms with Gasteiger partial charge >= 0.3 is 0 Å². The lowest BCUT2D eigenvalue weighted by atomic mass is 10.1. The second-order valence-electron chi connectivity index (χ2n) is 5.03. The van der Waals surface area contributed by atoms with Crippen molar-refractivity contribution in [2.75, 3.05) is 4.90 Å². The molecule has 0 unspecified atom stereocenters. The molecule has 3 rings (SSSR count). The molecule has 0 heterocycles. The highest BCUT2D eigenvalue weighted by Crippen LogP contribution is 2.45. The Morgan fingerprint density at radius 1 is 0.750 bits per heavy atom. The summed E-state index contributed by atoms with van der Waals surface area (Å²) in [7, 11) is 0. The number of benzene rings is 3. The summed E-state index contributed by atoms with van der Waals surface area (Å²) in [5, 5.41) is 20.4. The van der Waals surface area contributed by atoms with Gasteiger partial charge in [0.2, 0.25) is 0 Å². The third-order valence-corrected chi connectivity index (χ3v) is 3.96. The maximum Gasteiger partial charge on any atom is 0.150 e. The van der Waals surface area contributed by atoms with Crippen molar-refractivity contribution in [3.63, 3.8) is 0 Å². The van der Waals surface area contributed by atoms with Crippen LogP contribution in [-0.2, 0) is 0 Å². The first-order valence-corrected chi connectivity index (χ1v) is 7.79. The zero-order valence-electron chi connectivity index (χ0n) is 12.2. The number of anilines is 3. The quantitative estimate of drug-likeness (QED) is 0.609. The average molecular weight is 392 g/mol. The number of halogens is 3. The second-order valence-corrected chi connectivity index (χ2v) is 5.94. The van der Waals surface area contributed by atoms with E-state index in [1.807, 2.05) is 0 Å². The highest BCUT2D eigenvalue weighted by Gasteiger charge is 2.24. The van der Waals surface area contributed by atoms with Gasteiger partial charge in [-0.3, -0.25) is 4.90 Å². The SMILES string of the molecule is Oc1ccccc1N(c1ccc(Br)cc1O)c1c(F)cccc1F. The van der Waals surface area contributed by atoms with Gasteiger partial charge in [0.1, 0.15) is 28.8 Å². The number of hydrogen-bond acceptors (Lipinski definition) is 3. The van der Waals surface area contributed by atoms with Gasteiger partial charge in [-0.05, 0) is 42.5 Å². The molecule has 0 fully saturated rings. The summed E-state index contributed by atoms with van der Waals surface area (Å²) in [6, 6.07) is 14.1. The van der Waals surface area contributed by atoms with Crippen LogP contribution in [0.15, 0.2) is 65.1 Å². The van der Waals surface area contributed by atoms with E-state index < -0.39 is 17.3 Å². The van der Waals surface area contributed by atoms with Crippen LogP contribution in [0.3, 0.4) is 0 Å². The molecule has 0 bridgehead atoms. The van der Waals surface area contributed by atoms with Crippen LogP contribution in [0, 0.1) is 11.6 Å². The first-order chi connectivity index (χ1) is 11.5. The van der Waals surface area contributed by atoms with Crippen molar-refractivity contribution < 1.29 is 19.0 Å². The molecule has 0 radical (unpaired) electrons. The summed E-state index contributed by atoms with van der Waals surface area (Å²) in [5.41, 5.74) is -0.126. The van der Waals surface area contributed by atoms with Crippen LogP contribution >= 0.6 is 15.9 Å². The molecular formula is C18H12BrF2NO2. The van der Waals surface area contributed by atoms with Crippen molar-refractivity contribution in [2.24, 2.45) is 0 Å². The topological polar surface area (TPSA) is 43.7 Å². The van der Waals surface area contributed by atoms with Crippen LogP contribution in [-0.4, -0.2) is 10.2 Å². The monoisotopic (exact) mass is 391 g/mol. The van der Waals surface area contributed by atoms with E-state index in [-0.39, 0.29) is 22.9 Å². The summed E-state index contributed by atoms with van der Waals surface area (Å²) >= 11 is 3.23. The standard InChI is InChI=1S/C18H12BrF2NO2/c19-11-8-9-15(17(24)10-11)22(14-6-1-2-7-16(14)23)18-12(20)4-3-5-13(18)21/h1-10,23-24H. The molecule has 24 heavy (non-hydrogen) atoms. The molecule has 0 aliphatic heterocycles. The van der Waals surface area contributed by atoms with Gasteiger partial charge in [-0.2, -0.15) is 0 Å². The maximum atomic E-state index is 14.4. The number of aromatic hydroxyl groups is 2. The van der Waals surface area contributed by atoms with Gasteiger partial charge in [0, 0.05) is 4.47 Å². The normalized spacial score (nSPS) is 10.6. The number of hydrogen-bond donors (Lipinski definition) is 2. The van der Waals surface area contributed by atoms with Crippen LogP contribution in [0.4, 0.5) is 25.8 Å². The van der Waals surface area contributed by atoms with E-state index in [2.05, 4.69) is 15.9 Å². The molecule has 0 spiro atoms. The van der Waals surface area contributed by atoms with Gasteiger partial charge < -0.3 is 10.2 Å². The largest absolute Gasteiger partial charge is 0.506 e. The lowest BCUT2D eigenvalue weighted by Crippen LogP contribution is -2.14. The molecule has 3 aromatic carbocycles. The highest BCUT2D eigenvalue weighted by molar-refractivity contribution is 9.10. The lowest BCUT2D eigenvalue weighted by molar-refractivity contribution is 0.471.